The second kappa shape index (κ2) is 6.95. The standard InChI is InChI=1S/C20H17NO2/c21-14-15-2-4-16(5-3-15)17-6-7-19-13-20(23-11-1-10-22)9-8-18(19)12-17/h2-9,12-13,22H,1,10-11H2. The Balaban J connectivity index is 1.87. The summed E-state index contributed by atoms with van der Waals surface area (Å²) in [5.74, 6) is 0.817. The summed E-state index contributed by atoms with van der Waals surface area (Å²) < 4.78 is 5.60. The maximum atomic E-state index is 8.87. The fourth-order valence-corrected chi connectivity index (χ4v) is 2.48. The summed E-state index contributed by atoms with van der Waals surface area (Å²) in [6.07, 6.45) is 0.635. The van der Waals surface area contributed by atoms with E-state index in [0.29, 0.717) is 18.6 Å². The molecule has 0 aliphatic rings. The Hall–Kier alpha value is -2.83. The molecular formula is C20H17NO2. The number of hydrogen-bond donors (Lipinski definition) is 1. The van der Waals surface area contributed by atoms with Crippen LogP contribution in [0.3, 0.4) is 0 Å². The number of fused-ring (bicyclic) bond motifs is 1. The minimum absolute atomic E-state index is 0.140. The van der Waals surface area contributed by atoms with E-state index in [2.05, 4.69) is 24.3 Å². The van der Waals surface area contributed by atoms with Gasteiger partial charge in [0.05, 0.1) is 18.2 Å². The van der Waals surface area contributed by atoms with Crippen molar-refractivity contribution in [2.24, 2.45) is 0 Å². The van der Waals surface area contributed by atoms with Gasteiger partial charge in [0.15, 0.2) is 0 Å². The predicted octanol–water partition coefficient (Wildman–Crippen LogP) is 4.14. The average molecular weight is 303 g/mol. The highest BCUT2D eigenvalue weighted by atomic mass is 16.5. The fourth-order valence-electron chi connectivity index (χ4n) is 2.48. The summed E-state index contributed by atoms with van der Waals surface area (Å²) in [5, 5.41) is 19.9. The van der Waals surface area contributed by atoms with Crippen molar-refractivity contribution in [2.45, 2.75) is 6.42 Å². The number of aliphatic hydroxyl groups excluding tert-OH is 1. The molecule has 0 saturated carbocycles. The molecule has 0 amide bonds. The van der Waals surface area contributed by atoms with E-state index in [1.807, 2.05) is 42.5 Å². The van der Waals surface area contributed by atoms with E-state index in [4.69, 9.17) is 15.1 Å². The van der Waals surface area contributed by atoms with Gasteiger partial charge in [-0.05, 0) is 52.2 Å². The Morgan fingerprint density at radius 2 is 1.57 bits per heavy atom. The Morgan fingerprint density at radius 1 is 0.870 bits per heavy atom. The molecule has 3 heteroatoms. The number of rotatable bonds is 5. The summed E-state index contributed by atoms with van der Waals surface area (Å²) in [5.41, 5.74) is 2.88. The first-order valence-corrected chi connectivity index (χ1v) is 7.58. The van der Waals surface area contributed by atoms with E-state index < -0.39 is 0 Å². The molecule has 1 N–H and O–H groups in total. The molecule has 0 bridgehead atoms. The first-order valence-electron chi connectivity index (χ1n) is 7.58. The third-order valence-corrected chi connectivity index (χ3v) is 3.73. The number of hydrogen-bond acceptors (Lipinski definition) is 3. The zero-order chi connectivity index (χ0) is 16.1. The molecule has 3 rings (SSSR count). The van der Waals surface area contributed by atoms with Gasteiger partial charge in [-0.1, -0.05) is 30.3 Å². The molecule has 0 saturated heterocycles. The lowest BCUT2D eigenvalue weighted by molar-refractivity contribution is 0.234. The van der Waals surface area contributed by atoms with Gasteiger partial charge < -0.3 is 9.84 Å². The van der Waals surface area contributed by atoms with Gasteiger partial charge in [-0.3, -0.25) is 0 Å². The van der Waals surface area contributed by atoms with Gasteiger partial charge >= 0.3 is 0 Å². The lowest BCUT2D eigenvalue weighted by Crippen LogP contribution is -1.99. The van der Waals surface area contributed by atoms with Crippen LogP contribution in [0.2, 0.25) is 0 Å². The highest BCUT2D eigenvalue weighted by molar-refractivity contribution is 5.88. The minimum atomic E-state index is 0.140. The highest BCUT2D eigenvalue weighted by Gasteiger charge is 2.02. The highest BCUT2D eigenvalue weighted by Crippen LogP contribution is 2.27. The van der Waals surface area contributed by atoms with Crippen LogP contribution >= 0.6 is 0 Å². The SMILES string of the molecule is N#Cc1ccc(-c2ccc3cc(OCCCO)ccc3c2)cc1. The van der Waals surface area contributed by atoms with Crippen LogP contribution < -0.4 is 4.74 Å². The predicted molar refractivity (Wildman–Crippen MR) is 91.3 cm³/mol. The molecule has 3 aromatic rings. The van der Waals surface area contributed by atoms with E-state index in [1.165, 1.54) is 0 Å². The molecule has 3 nitrogen and oxygen atoms in total. The molecule has 0 unspecified atom stereocenters. The molecule has 0 atom stereocenters. The number of benzene rings is 3. The molecule has 0 spiro atoms. The Kier molecular flexibility index (Phi) is 4.56. The number of ether oxygens (including phenoxy) is 1. The molecule has 0 aliphatic carbocycles. The van der Waals surface area contributed by atoms with Gasteiger partial charge in [0.2, 0.25) is 0 Å². The lowest BCUT2D eigenvalue weighted by Gasteiger charge is -2.08. The molecule has 23 heavy (non-hydrogen) atoms. The van der Waals surface area contributed by atoms with Crippen molar-refractivity contribution in [3.8, 4) is 22.9 Å². The molecule has 114 valence electrons. The third-order valence-electron chi connectivity index (χ3n) is 3.73. The van der Waals surface area contributed by atoms with E-state index in [0.717, 1.165) is 27.6 Å². The maximum Gasteiger partial charge on any atom is 0.119 e. The molecular weight excluding hydrogens is 286 g/mol. The van der Waals surface area contributed by atoms with E-state index in [1.54, 1.807) is 0 Å². The Labute approximate surface area is 135 Å². The van der Waals surface area contributed by atoms with E-state index in [9.17, 15) is 0 Å². The van der Waals surface area contributed by atoms with Gasteiger partial charge in [0.25, 0.3) is 0 Å². The summed E-state index contributed by atoms with van der Waals surface area (Å²) in [6, 6.07) is 22.0. The van der Waals surface area contributed by atoms with Crippen LogP contribution in [0.5, 0.6) is 5.75 Å². The smallest absolute Gasteiger partial charge is 0.119 e. The minimum Gasteiger partial charge on any atom is -0.493 e. The van der Waals surface area contributed by atoms with Crippen molar-refractivity contribution in [1.29, 1.82) is 5.26 Å². The molecule has 0 radical (unpaired) electrons. The molecule has 0 aromatic heterocycles. The molecule has 0 heterocycles. The number of nitrogens with zero attached hydrogens (tertiary/aromatic N) is 1. The van der Waals surface area contributed by atoms with Crippen LogP contribution in [0.4, 0.5) is 0 Å². The summed E-state index contributed by atoms with van der Waals surface area (Å²) in [7, 11) is 0. The Bertz CT molecular complexity index is 848. The first kappa shape index (κ1) is 15.1. The van der Waals surface area contributed by atoms with Gasteiger partial charge in [0.1, 0.15) is 5.75 Å². The van der Waals surface area contributed by atoms with Gasteiger partial charge in [-0.15, -0.1) is 0 Å². The van der Waals surface area contributed by atoms with Crippen molar-refractivity contribution in [2.75, 3.05) is 13.2 Å². The summed E-state index contributed by atoms with van der Waals surface area (Å²) >= 11 is 0. The van der Waals surface area contributed by atoms with Crippen molar-refractivity contribution in [1.82, 2.24) is 0 Å². The molecule has 0 fully saturated rings. The van der Waals surface area contributed by atoms with E-state index in [-0.39, 0.29) is 6.61 Å². The van der Waals surface area contributed by atoms with Crippen LogP contribution in [0.25, 0.3) is 21.9 Å². The van der Waals surface area contributed by atoms with Crippen molar-refractivity contribution >= 4 is 10.8 Å². The van der Waals surface area contributed by atoms with Crippen LogP contribution in [-0.4, -0.2) is 18.3 Å². The van der Waals surface area contributed by atoms with Crippen molar-refractivity contribution in [3.63, 3.8) is 0 Å². The molecule has 3 aromatic carbocycles. The summed E-state index contributed by atoms with van der Waals surface area (Å²) in [4.78, 5) is 0. The van der Waals surface area contributed by atoms with E-state index >= 15 is 0 Å². The van der Waals surface area contributed by atoms with Crippen molar-refractivity contribution in [3.05, 3.63) is 66.2 Å². The average Bonchev–Trinajstić information content (AvgIpc) is 2.61. The normalized spacial score (nSPS) is 10.4. The van der Waals surface area contributed by atoms with Crippen molar-refractivity contribution < 1.29 is 9.84 Å². The maximum absolute atomic E-state index is 8.87. The van der Waals surface area contributed by atoms with Crippen LogP contribution in [0.15, 0.2) is 60.7 Å². The monoisotopic (exact) mass is 303 g/mol. The quantitative estimate of drug-likeness (QED) is 0.721. The second-order valence-electron chi connectivity index (χ2n) is 5.34. The van der Waals surface area contributed by atoms with Gasteiger partial charge in [0, 0.05) is 13.0 Å². The van der Waals surface area contributed by atoms with Crippen LogP contribution in [-0.2, 0) is 0 Å². The largest absolute Gasteiger partial charge is 0.493 e. The van der Waals surface area contributed by atoms with Gasteiger partial charge in [-0.25, -0.2) is 0 Å². The number of nitriles is 1. The fraction of sp³-hybridized carbons (Fsp3) is 0.150. The molecule has 0 aliphatic heterocycles. The topological polar surface area (TPSA) is 53.2 Å². The second-order valence-corrected chi connectivity index (χ2v) is 5.34. The Morgan fingerprint density at radius 3 is 2.30 bits per heavy atom. The zero-order valence-corrected chi connectivity index (χ0v) is 12.7. The van der Waals surface area contributed by atoms with Gasteiger partial charge in [-0.2, -0.15) is 5.26 Å². The lowest BCUT2D eigenvalue weighted by atomic mass is 10.0. The van der Waals surface area contributed by atoms with Crippen LogP contribution in [0.1, 0.15) is 12.0 Å². The van der Waals surface area contributed by atoms with Crippen LogP contribution in [0, 0.1) is 11.3 Å². The number of aliphatic hydroxyl groups is 1. The third kappa shape index (κ3) is 3.50. The summed E-state index contributed by atoms with van der Waals surface area (Å²) in [6.45, 7) is 0.660. The first-order chi connectivity index (χ1) is 11.3. The zero-order valence-electron chi connectivity index (χ0n) is 12.7.